The van der Waals surface area contributed by atoms with Crippen LogP contribution in [0.2, 0.25) is 0 Å². The van der Waals surface area contributed by atoms with E-state index in [0.717, 1.165) is 67.9 Å². The maximum absolute atomic E-state index is 13.2. The number of likely N-dealkylation sites (tertiary alicyclic amines) is 1. The van der Waals surface area contributed by atoms with Crippen molar-refractivity contribution in [2.75, 3.05) is 32.7 Å². The van der Waals surface area contributed by atoms with Crippen molar-refractivity contribution in [2.45, 2.75) is 71.3 Å². The monoisotopic (exact) mass is 574 g/mol. The predicted molar refractivity (Wildman–Crippen MR) is 149 cm³/mol. The Morgan fingerprint density at radius 2 is 1.63 bits per heavy atom. The van der Waals surface area contributed by atoms with Crippen LogP contribution in [0.5, 0.6) is 0 Å². The lowest BCUT2D eigenvalue weighted by molar-refractivity contribution is -0.137. The second-order valence-electron chi connectivity index (χ2n) is 10.7. The summed E-state index contributed by atoms with van der Waals surface area (Å²) in [7, 11) is 0. The zero-order valence-electron chi connectivity index (χ0n) is 22.7. The average Bonchev–Trinajstić information content (AvgIpc) is 2.83. The maximum atomic E-state index is 13.2. The van der Waals surface area contributed by atoms with Crippen molar-refractivity contribution in [3.8, 4) is 0 Å². The molecule has 0 spiro atoms. The van der Waals surface area contributed by atoms with Gasteiger partial charge in [0.25, 0.3) is 5.91 Å². The van der Waals surface area contributed by atoms with Crippen molar-refractivity contribution in [3.05, 3.63) is 64.5 Å². The molecule has 0 radical (unpaired) electrons. The van der Waals surface area contributed by atoms with E-state index in [4.69, 9.17) is 0 Å². The molecule has 38 heavy (non-hydrogen) atoms. The number of aryl methyl sites for hydroxylation is 2. The van der Waals surface area contributed by atoms with Crippen LogP contribution in [0.4, 0.5) is 13.2 Å². The lowest BCUT2D eigenvalue weighted by Gasteiger charge is -2.52. The molecule has 212 valence electrons. The van der Waals surface area contributed by atoms with E-state index in [1.165, 1.54) is 12.1 Å². The number of carbonyl (C=O) groups excluding carboxylic acids is 1. The molecule has 3 heterocycles. The van der Waals surface area contributed by atoms with Crippen LogP contribution in [0.3, 0.4) is 0 Å². The van der Waals surface area contributed by atoms with Gasteiger partial charge in [-0.2, -0.15) is 13.2 Å². The number of halogens is 5. The summed E-state index contributed by atoms with van der Waals surface area (Å²) in [5, 5.41) is 0. The molecule has 10 heteroatoms. The molecule has 5 nitrogen and oxygen atoms in total. The van der Waals surface area contributed by atoms with E-state index in [9.17, 15) is 18.0 Å². The molecule has 2 aliphatic rings. The van der Waals surface area contributed by atoms with E-state index in [0.29, 0.717) is 0 Å². The Labute approximate surface area is 236 Å². The molecule has 1 amide bonds. The van der Waals surface area contributed by atoms with Gasteiger partial charge in [-0.25, -0.2) is 0 Å². The fraction of sp³-hybridized carbons (Fsp3) is 0.571. The minimum absolute atomic E-state index is 0. The molecule has 2 aliphatic heterocycles. The molecule has 0 saturated carbocycles. The number of hydrogen-bond acceptors (Lipinski definition) is 4. The lowest BCUT2D eigenvalue weighted by Crippen LogP contribution is -2.62. The number of nitrogens with zero attached hydrogens (tertiary/aromatic N) is 4. The molecule has 4 rings (SSSR count). The van der Waals surface area contributed by atoms with E-state index >= 15 is 0 Å². The first-order valence-corrected chi connectivity index (χ1v) is 12.8. The Balaban J connectivity index is 0.00000253. The topological polar surface area (TPSA) is 39.7 Å². The van der Waals surface area contributed by atoms with Crippen LogP contribution in [0.15, 0.2) is 36.5 Å². The second-order valence-corrected chi connectivity index (χ2v) is 10.7. The van der Waals surface area contributed by atoms with Gasteiger partial charge in [0.05, 0.1) is 16.8 Å². The van der Waals surface area contributed by atoms with Gasteiger partial charge in [0.15, 0.2) is 0 Å². The van der Waals surface area contributed by atoms with Crippen molar-refractivity contribution >= 4 is 30.7 Å². The summed E-state index contributed by atoms with van der Waals surface area (Å²) in [6.45, 7) is 14.5. The van der Waals surface area contributed by atoms with Crippen LogP contribution in [0.1, 0.15) is 72.4 Å². The third-order valence-electron chi connectivity index (χ3n) is 8.35. The Hall–Kier alpha value is -1.87. The Morgan fingerprint density at radius 3 is 2.16 bits per heavy atom. The van der Waals surface area contributed by atoms with Crippen LogP contribution in [0, 0.1) is 13.8 Å². The zero-order valence-corrected chi connectivity index (χ0v) is 24.3. The van der Waals surface area contributed by atoms with Crippen LogP contribution >= 0.6 is 24.8 Å². The summed E-state index contributed by atoms with van der Waals surface area (Å²) in [4.78, 5) is 24.4. The molecule has 2 atom stereocenters. The Kier molecular flexibility index (Phi) is 10.7. The minimum Gasteiger partial charge on any atom is -0.338 e. The van der Waals surface area contributed by atoms with E-state index < -0.39 is 11.7 Å². The largest absolute Gasteiger partial charge is 0.416 e. The molecule has 1 aromatic carbocycles. The smallest absolute Gasteiger partial charge is 0.338 e. The summed E-state index contributed by atoms with van der Waals surface area (Å²) in [6, 6.07) is 7.77. The normalized spacial score (nSPS) is 21.3. The van der Waals surface area contributed by atoms with Crippen molar-refractivity contribution < 1.29 is 18.0 Å². The second kappa shape index (κ2) is 12.5. The minimum atomic E-state index is -4.31. The Morgan fingerprint density at radius 1 is 1.03 bits per heavy atom. The van der Waals surface area contributed by atoms with Gasteiger partial charge < -0.3 is 4.90 Å². The number of carbonyl (C=O) groups is 1. The van der Waals surface area contributed by atoms with E-state index in [-0.39, 0.29) is 48.3 Å². The molecule has 0 aliphatic carbocycles. The van der Waals surface area contributed by atoms with Gasteiger partial charge >= 0.3 is 6.18 Å². The number of piperidine rings is 1. The zero-order chi connectivity index (χ0) is 26.3. The first-order valence-electron chi connectivity index (χ1n) is 12.8. The van der Waals surface area contributed by atoms with Gasteiger partial charge in [-0.3, -0.25) is 19.6 Å². The first kappa shape index (κ1) is 32.3. The molecule has 0 bridgehead atoms. The third kappa shape index (κ3) is 6.64. The summed E-state index contributed by atoms with van der Waals surface area (Å²) in [5.41, 5.74) is 2.78. The summed E-state index contributed by atoms with van der Waals surface area (Å²) < 4.78 is 38.8. The molecular weight excluding hydrogens is 536 g/mol. The van der Waals surface area contributed by atoms with Gasteiger partial charge in [-0.05, 0) is 76.8 Å². The van der Waals surface area contributed by atoms with E-state index in [2.05, 4.69) is 35.6 Å². The summed E-state index contributed by atoms with van der Waals surface area (Å²) in [6.07, 6.45) is -0.740. The highest BCUT2D eigenvalue weighted by Crippen LogP contribution is 2.35. The highest BCUT2D eigenvalue weighted by molar-refractivity contribution is 5.96. The number of rotatable bonds is 4. The third-order valence-corrected chi connectivity index (χ3v) is 8.35. The predicted octanol–water partition coefficient (Wildman–Crippen LogP) is 6.32. The van der Waals surface area contributed by atoms with Crippen molar-refractivity contribution in [2.24, 2.45) is 0 Å². The maximum Gasteiger partial charge on any atom is 0.416 e. The fourth-order valence-corrected chi connectivity index (χ4v) is 5.86. The van der Waals surface area contributed by atoms with Crippen LogP contribution < -0.4 is 0 Å². The number of alkyl halides is 3. The Bertz CT molecular complexity index is 1070. The molecule has 0 unspecified atom stereocenters. The van der Waals surface area contributed by atoms with Crippen LogP contribution in [-0.4, -0.2) is 69.9 Å². The van der Waals surface area contributed by atoms with Crippen LogP contribution in [-0.2, 0) is 6.18 Å². The van der Waals surface area contributed by atoms with Gasteiger partial charge in [0.1, 0.15) is 0 Å². The number of aromatic nitrogens is 1. The molecule has 2 saturated heterocycles. The van der Waals surface area contributed by atoms with Gasteiger partial charge in [-0.15, -0.1) is 24.8 Å². The van der Waals surface area contributed by atoms with Crippen molar-refractivity contribution in [1.29, 1.82) is 0 Å². The molecule has 1 aromatic heterocycles. The molecule has 2 aromatic rings. The summed E-state index contributed by atoms with van der Waals surface area (Å²) >= 11 is 0. The quantitative estimate of drug-likeness (QED) is 0.428. The SMILES string of the molecule is Cc1ccnc(C)c1C(=O)N1CCC(C)(N2CCN([C@@H](C)c3ccc(C(F)(F)F)cc3)[C@@H](C)C2)CC1.Cl.Cl. The average molecular weight is 576 g/mol. The highest BCUT2D eigenvalue weighted by atomic mass is 35.5. The molecule has 2 fully saturated rings. The number of pyridine rings is 1. The van der Waals surface area contributed by atoms with Crippen LogP contribution in [0.25, 0.3) is 0 Å². The van der Waals surface area contributed by atoms with Crippen molar-refractivity contribution in [1.82, 2.24) is 19.7 Å². The number of amides is 1. The number of benzene rings is 1. The van der Waals surface area contributed by atoms with E-state index in [1.807, 2.05) is 24.8 Å². The number of piperazine rings is 1. The van der Waals surface area contributed by atoms with Gasteiger partial charge in [0.2, 0.25) is 0 Å². The van der Waals surface area contributed by atoms with Gasteiger partial charge in [0, 0.05) is 56.5 Å². The van der Waals surface area contributed by atoms with Crippen molar-refractivity contribution in [3.63, 3.8) is 0 Å². The fourth-order valence-electron chi connectivity index (χ4n) is 5.86. The number of hydrogen-bond donors (Lipinski definition) is 0. The molecule has 0 N–H and O–H groups in total. The standard InChI is InChI=1S/C28H37F3N4O.2ClH/c1-19-10-13-32-21(3)25(19)26(36)33-14-11-27(5,12-15-33)34-16-17-35(20(2)18-34)22(4)23-6-8-24(9-7-23)28(29,30)31;;/h6-10,13,20,22H,11-12,14-18H2,1-5H3;2*1H/t20-,22-;;/m0../s1. The lowest BCUT2D eigenvalue weighted by atomic mass is 9.86. The molecular formula is C28H39Cl2F3N4O. The van der Waals surface area contributed by atoms with Gasteiger partial charge in [-0.1, -0.05) is 12.1 Å². The summed E-state index contributed by atoms with van der Waals surface area (Å²) in [5.74, 6) is 0.0729. The highest BCUT2D eigenvalue weighted by Gasteiger charge is 2.41. The first-order chi connectivity index (χ1) is 16.9. The van der Waals surface area contributed by atoms with E-state index in [1.54, 1.807) is 18.3 Å².